The van der Waals surface area contributed by atoms with Gasteiger partial charge in [-0.05, 0) is 33.6 Å². The minimum Gasteiger partial charge on any atom is -0.461 e. The molecule has 0 spiro atoms. The lowest BCUT2D eigenvalue weighted by molar-refractivity contribution is -0.194. The third-order valence-corrected chi connectivity index (χ3v) is 3.87. The average molecular weight is 269 g/mol. The van der Waals surface area contributed by atoms with Crippen molar-refractivity contribution in [1.82, 2.24) is 4.90 Å². The summed E-state index contributed by atoms with van der Waals surface area (Å²) < 4.78 is 5.09. The SMILES string of the molecule is CC(=O)[C@@]1(O)CC[C@@H]2CC(=O)N2[C@H]1C(=O)OC(C)C. The third kappa shape index (κ3) is 2.14. The van der Waals surface area contributed by atoms with E-state index in [1.807, 2.05) is 0 Å². The van der Waals surface area contributed by atoms with Gasteiger partial charge in [-0.1, -0.05) is 0 Å². The maximum Gasteiger partial charge on any atom is 0.332 e. The van der Waals surface area contributed by atoms with Crippen LogP contribution in [0.25, 0.3) is 0 Å². The largest absolute Gasteiger partial charge is 0.461 e. The van der Waals surface area contributed by atoms with Crippen molar-refractivity contribution in [2.75, 3.05) is 0 Å². The van der Waals surface area contributed by atoms with Gasteiger partial charge in [0.25, 0.3) is 0 Å². The van der Waals surface area contributed by atoms with E-state index >= 15 is 0 Å². The zero-order chi connectivity index (χ0) is 14.4. The number of ketones is 1. The lowest BCUT2D eigenvalue weighted by Gasteiger charge is -2.53. The van der Waals surface area contributed by atoms with Crippen LogP contribution < -0.4 is 0 Å². The molecule has 0 aromatic rings. The molecule has 106 valence electrons. The first-order valence-corrected chi connectivity index (χ1v) is 6.52. The molecule has 0 aromatic carbocycles. The first-order chi connectivity index (χ1) is 8.77. The van der Waals surface area contributed by atoms with E-state index < -0.39 is 23.4 Å². The number of esters is 1. The molecule has 0 unspecified atom stereocenters. The lowest BCUT2D eigenvalue weighted by Crippen LogP contribution is -2.72. The fourth-order valence-corrected chi connectivity index (χ4v) is 2.82. The van der Waals surface area contributed by atoms with Gasteiger partial charge in [-0.15, -0.1) is 0 Å². The Bertz CT molecular complexity index is 433. The molecule has 2 rings (SSSR count). The molecule has 1 amide bonds. The second kappa shape index (κ2) is 4.59. The maximum absolute atomic E-state index is 12.1. The quantitative estimate of drug-likeness (QED) is 0.577. The summed E-state index contributed by atoms with van der Waals surface area (Å²) in [6.45, 7) is 4.60. The van der Waals surface area contributed by atoms with Crippen LogP contribution in [0, 0.1) is 0 Å². The van der Waals surface area contributed by atoms with Gasteiger partial charge in [-0.2, -0.15) is 0 Å². The summed E-state index contributed by atoms with van der Waals surface area (Å²) in [6, 6.07) is -1.26. The van der Waals surface area contributed by atoms with Crippen LogP contribution in [-0.4, -0.2) is 51.5 Å². The molecule has 2 heterocycles. The van der Waals surface area contributed by atoms with E-state index in [-0.39, 0.29) is 24.5 Å². The number of hydrogen-bond donors (Lipinski definition) is 1. The summed E-state index contributed by atoms with van der Waals surface area (Å²) in [5.74, 6) is -1.42. The summed E-state index contributed by atoms with van der Waals surface area (Å²) in [5.41, 5.74) is -1.82. The molecule has 2 saturated heterocycles. The van der Waals surface area contributed by atoms with Crippen LogP contribution in [0.4, 0.5) is 0 Å². The van der Waals surface area contributed by atoms with Gasteiger partial charge in [0, 0.05) is 12.5 Å². The predicted molar refractivity (Wildman–Crippen MR) is 65.1 cm³/mol. The molecule has 19 heavy (non-hydrogen) atoms. The van der Waals surface area contributed by atoms with Crippen molar-refractivity contribution in [3.8, 4) is 0 Å². The molecule has 2 aliphatic rings. The molecular formula is C13H19NO5. The Labute approximate surface area is 111 Å². The first-order valence-electron chi connectivity index (χ1n) is 6.52. The Kier molecular flexibility index (Phi) is 3.38. The molecule has 0 aliphatic carbocycles. The van der Waals surface area contributed by atoms with Crippen molar-refractivity contribution >= 4 is 17.7 Å². The van der Waals surface area contributed by atoms with Crippen molar-refractivity contribution in [3.63, 3.8) is 0 Å². The molecule has 2 fully saturated rings. The summed E-state index contributed by atoms with van der Waals surface area (Å²) in [5, 5.41) is 10.5. The van der Waals surface area contributed by atoms with Crippen LogP contribution in [0.5, 0.6) is 0 Å². The van der Waals surface area contributed by atoms with Gasteiger partial charge in [0.2, 0.25) is 5.91 Å². The van der Waals surface area contributed by atoms with E-state index in [0.717, 1.165) is 0 Å². The van der Waals surface area contributed by atoms with Crippen LogP contribution >= 0.6 is 0 Å². The van der Waals surface area contributed by atoms with Crippen LogP contribution in [0.3, 0.4) is 0 Å². The zero-order valence-electron chi connectivity index (χ0n) is 11.4. The number of carbonyl (C=O) groups excluding carboxylic acids is 3. The van der Waals surface area contributed by atoms with Crippen molar-refractivity contribution < 1.29 is 24.2 Å². The van der Waals surface area contributed by atoms with Gasteiger partial charge < -0.3 is 14.7 Å². The van der Waals surface area contributed by atoms with Crippen LogP contribution in [0.15, 0.2) is 0 Å². The standard InChI is InChI=1S/C13H19NO5/c1-7(2)19-12(17)11-13(18,8(3)15)5-4-9-6-10(16)14(9)11/h7,9,11,18H,4-6H2,1-3H3/t9-,11+,13+/m1/s1. The Hall–Kier alpha value is -1.43. The molecule has 0 saturated carbocycles. The summed E-state index contributed by atoms with van der Waals surface area (Å²) in [4.78, 5) is 36.8. The van der Waals surface area contributed by atoms with Gasteiger partial charge in [0.15, 0.2) is 17.4 Å². The molecular weight excluding hydrogens is 250 g/mol. The summed E-state index contributed by atoms with van der Waals surface area (Å²) in [6.07, 6.45) is 0.738. The predicted octanol–water partition coefficient (Wildman–Crippen LogP) is 0.0214. The number of piperidine rings is 1. The minimum absolute atomic E-state index is 0.0585. The van der Waals surface area contributed by atoms with Gasteiger partial charge >= 0.3 is 5.97 Å². The second-order valence-corrected chi connectivity index (χ2v) is 5.57. The van der Waals surface area contributed by atoms with E-state index in [1.165, 1.54) is 11.8 Å². The number of rotatable bonds is 3. The average Bonchev–Trinajstić information content (AvgIpc) is 2.28. The van der Waals surface area contributed by atoms with Crippen molar-refractivity contribution in [3.05, 3.63) is 0 Å². The molecule has 6 nitrogen and oxygen atoms in total. The third-order valence-electron chi connectivity index (χ3n) is 3.87. The highest BCUT2D eigenvalue weighted by molar-refractivity contribution is 5.97. The number of ether oxygens (including phenoxy) is 1. The second-order valence-electron chi connectivity index (χ2n) is 5.57. The molecule has 3 atom stereocenters. The smallest absolute Gasteiger partial charge is 0.332 e. The van der Waals surface area contributed by atoms with Gasteiger partial charge in [0.05, 0.1) is 6.10 Å². The normalized spacial score (nSPS) is 33.7. The monoisotopic (exact) mass is 269 g/mol. The van der Waals surface area contributed by atoms with Gasteiger partial charge in [-0.3, -0.25) is 9.59 Å². The molecule has 0 radical (unpaired) electrons. The van der Waals surface area contributed by atoms with Crippen molar-refractivity contribution in [1.29, 1.82) is 0 Å². The van der Waals surface area contributed by atoms with E-state index in [9.17, 15) is 19.5 Å². The highest BCUT2D eigenvalue weighted by atomic mass is 16.5. The zero-order valence-corrected chi connectivity index (χ0v) is 11.4. The van der Waals surface area contributed by atoms with Crippen molar-refractivity contribution in [2.45, 2.75) is 63.8 Å². The van der Waals surface area contributed by atoms with Crippen LogP contribution in [0.1, 0.15) is 40.0 Å². The van der Waals surface area contributed by atoms with E-state index in [0.29, 0.717) is 12.8 Å². The number of amides is 1. The van der Waals surface area contributed by atoms with Crippen LogP contribution in [0.2, 0.25) is 0 Å². The number of aliphatic hydroxyl groups is 1. The number of carbonyl (C=O) groups is 3. The Morgan fingerprint density at radius 3 is 2.58 bits per heavy atom. The lowest BCUT2D eigenvalue weighted by atomic mass is 9.74. The Morgan fingerprint density at radius 2 is 2.11 bits per heavy atom. The summed E-state index contributed by atoms with van der Waals surface area (Å²) >= 11 is 0. The van der Waals surface area contributed by atoms with E-state index in [2.05, 4.69) is 0 Å². The number of nitrogens with zero attached hydrogens (tertiary/aromatic N) is 1. The van der Waals surface area contributed by atoms with Crippen molar-refractivity contribution in [2.24, 2.45) is 0 Å². The fourth-order valence-electron chi connectivity index (χ4n) is 2.82. The van der Waals surface area contributed by atoms with Gasteiger partial charge in [0.1, 0.15) is 0 Å². The van der Waals surface area contributed by atoms with E-state index in [4.69, 9.17) is 4.74 Å². The molecule has 0 bridgehead atoms. The van der Waals surface area contributed by atoms with Crippen LogP contribution in [-0.2, 0) is 19.1 Å². The van der Waals surface area contributed by atoms with Gasteiger partial charge in [-0.25, -0.2) is 4.79 Å². The molecule has 0 aromatic heterocycles. The number of Topliss-reactive ketones (excluding diaryl/α,β-unsaturated/α-hetero) is 1. The topological polar surface area (TPSA) is 83.9 Å². The number of β-lactam (4-membered cyclic amide) rings is 1. The summed E-state index contributed by atoms with van der Waals surface area (Å²) in [7, 11) is 0. The maximum atomic E-state index is 12.1. The Balaban J connectivity index is 2.32. The first kappa shape index (κ1) is 14.0. The Morgan fingerprint density at radius 1 is 1.47 bits per heavy atom. The highest BCUT2D eigenvalue weighted by Gasteiger charge is 2.59. The molecule has 6 heteroatoms. The number of hydrogen-bond acceptors (Lipinski definition) is 5. The highest BCUT2D eigenvalue weighted by Crippen LogP contribution is 2.40. The minimum atomic E-state index is -1.82. The van der Waals surface area contributed by atoms with E-state index in [1.54, 1.807) is 13.8 Å². The fraction of sp³-hybridized carbons (Fsp3) is 0.769. The molecule has 1 N–H and O–H groups in total. The number of fused-ring (bicyclic) bond motifs is 1. The molecule has 2 aliphatic heterocycles.